The Bertz CT molecular complexity index is 826. The van der Waals surface area contributed by atoms with Crippen LogP contribution in [0.2, 0.25) is 0 Å². The van der Waals surface area contributed by atoms with Crippen molar-refractivity contribution in [3.05, 3.63) is 65.2 Å². The van der Waals surface area contributed by atoms with E-state index in [9.17, 15) is 9.59 Å². The van der Waals surface area contributed by atoms with Crippen LogP contribution in [0.3, 0.4) is 0 Å². The quantitative estimate of drug-likeness (QED) is 0.767. The zero-order valence-electron chi connectivity index (χ0n) is 12.2. The summed E-state index contributed by atoms with van der Waals surface area (Å²) in [7, 11) is 0. The van der Waals surface area contributed by atoms with E-state index in [0.29, 0.717) is 15.6 Å². The first-order valence-corrected chi connectivity index (χ1v) is 7.62. The molecule has 3 heterocycles. The van der Waals surface area contributed by atoms with Crippen molar-refractivity contribution in [1.29, 1.82) is 0 Å². The molecule has 0 saturated carbocycles. The number of nitrogens with one attached hydrogen (secondary N) is 2. The van der Waals surface area contributed by atoms with E-state index in [2.05, 4.69) is 15.6 Å². The van der Waals surface area contributed by atoms with Gasteiger partial charge in [-0.25, -0.2) is 0 Å². The number of nitrogens with zero attached hydrogens (tertiary/aromatic N) is 1. The van der Waals surface area contributed by atoms with Crippen LogP contribution in [-0.2, 0) is 0 Å². The van der Waals surface area contributed by atoms with Crippen LogP contribution in [0.5, 0.6) is 0 Å². The number of furan rings is 1. The van der Waals surface area contributed by atoms with Gasteiger partial charge in [-0.3, -0.25) is 14.6 Å². The number of aryl methyl sites for hydroxylation is 1. The summed E-state index contributed by atoms with van der Waals surface area (Å²) in [4.78, 5) is 28.7. The van der Waals surface area contributed by atoms with E-state index < -0.39 is 0 Å². The summed E-state index contributed by atoms with van der Waals surface area (Å²) in [5, 5.41) is 6.07. The molecule has 7 heteroatoms. The standard InChI is InChI=1S/C16H13N3O3S/c1-10-8-13(19-15(20)12-5-3-7-22-12)23-14(10)16(21)18-11-4-2-6-17-9-11/h2-9H,1H3,(H,18,21)(H,19,20). The molecule has 0 fully saturated rings. The van der Waals surface area contributed by atoms with Crippen LogP contribution in [0, 0.1) is 6.92 Å². The molecule has 3 aromatic rings. The summed E-state index contributed by atoms with van der Waals surface area (Å²) in [6.07, 6.45) is 4.64. The fourth-order valence-electron chi connectivity index (χ4n) is 1.97. The second-order valence-corrected chi connectivity index (χ2v) is 5.80. The third-order valence-electron chi connectivity index (χ3n) is 3.03. The van der Waals surface area contributed by atoms with Gasteiger partial charge in [0.15, 0.2) is 5.76 Å². The second kappa shape index (κ2) is 6.45. The second-order valence-electron chi connectivity index (χ2n) is 4.75. The van der Waals surface area contributed by atoms with Crippen LogP contribution in [0.25, 0.3) is 0 Å². The lowest BCUT2D eigenvalue weighted by Gasteiger charge is -2.03. The van der Waals surface area contributed by atoms with Crippen molar-refractivity contribution in [2.75, 3.05) is 10.6 Å². The van der Waals surface area contributed by atoms with Crippen molar-refractivity contribution in [2.24, 2.45) is 0 Å². The summed E-state index contributed by atoms with van der Waals surface area (Å²) in [6, 6.07) is 8.47. The van der Waals surface area contributed by atoms with Gasteiger partial charge >= 0.3 is 0 Å². The van der Waals surface area contributed by atoms with E-state index >= 15 is 0 Å². The molecule has 0 saturated heterocycles. The number of anilines is 2. The number of rotatable bonds is 4. The highest BCUT2D eigenvalue weighted by molar-refractivity contribution is 7.18. The summed E-state index contributed by atoms with van der Waals surface area (Å²) in [6.45, 7) is 1.82. The topological polar surface area (TPSA) is 84.2 Å². The van der Waals surface area contributed by atoms with Crippen molar-refractivity contribution >= 4 is 33.8 Å². The van der Waals surface area contributed by atoms with Gasteiger partial charge in [0.2, 0.25) is 0 Å². The number of thiophene rings is 1. The Kier molecular flexibility index (Phi) is 4.20. The van der Waals surface area contributed by atoms with E-state index in [4.69, 9.17) is 4.42 Å². The number of amides is 2. The lowest BCUT2D eigenvalue weighted by atomic mass is 10.2. The number of carbonyl (C=O) groups is 2. The molecule has 23 heavy (non-hydrogen) atoms. The maximum Gasteiger partial charge on any atom is 0.291 e. The van der Waals surface area contributed by atoms with E-state index in [-0.39, 0.29) is 17.6 Å². The van der Waals surface area contributed by atoms with Crippen molar-refractivity contribution in [3.63, 3.8) is 0 Å². The van der Waals surface area contributed by atoms with Gasteiger partial charge < -0.3 is 15.1 Å². The molecule has 0 aliphatic carbocycles. The van der Waals surface area contributed by atoms with Crippen LogP contribution >= 0.6 is 11.3 Å². The molecule has 0 radical (unpaired) electrons. The fourth-order valence-corrected chi connectivity index (χ4v) is 2.94. The normalized spacial score (nSPS) is 10.3. The third kappa shape index (κ3) is 3.46. The number of hydrogen-bond acceptors (Lipinski definition) is 5. The van der Waals surface area contributed by atoms with Crippen LogP contribution < -0.4 is 10.6 Å². The molecule has 2 amide bonds. The zero-order valence-corrected chi connectivity index (χ0v) is 13.0. The summed E-state index contributed by atoms with van der Waals surface area (Å²) in [5.41, 5.74) is 1.40. The first-order chi connectivity index (χ1) is 11.1. The van der Waals surface area contributed by atoms with E-state index in [1.54, 1.807) is 42.7 Å². The number of hydrogen-bond donors (Lipinski definition) is 2. The van der Waals surface area contributed by atoms with Gasteiger partial charge in [-0.1, -0.05) is 0 Å². The fraction of sp³-hybridized carbons (Fsp3) is 0.0625. The maximum atomic E-state index is 12.3. The van der Waals surface area contributed by atoms with Gasteiger partial charge in [0, 0.05) is 6.20 Å². The third-order valence-corrected chi connectivity index (χ3v) is 4.18. The summed E-state index contributed by atoms with van der Waals surface area (Å²) < 4.78 is 5.04. The molecule has 6 nitrogen and oxygen atoms in total. The predicted octanol–water partition coefficient (Wildman–Crippen LogP) is 3.55. The van der Waals surface area contributed by atoms with Gasteiger partial charge in [-0.15, -0.1) is 11.3 Å². The molecule has 0 spiro atoms. The Morgan fingerprint density at radius 3 is 2.74 bits per heavy atom. The minimum Gasteiger partial charge on any atom is -0.459 e. The molecule has 3 rings (SSSR count). The molecule has 0 aliphatic rings. The van der Waals surface area contributed by atoms with E-state index in [0.717, 1.165) is 5.56 Å². The van der Waals surface area contributed by atoms with Gasteiger partial charge in [0.05, 0.1) is 28.0 Å². The molecule has 0 atom stereocenters. The molecule has 0 aliphatic heterocycles. The maximum absolute atomic E-state index is 12.3. The van der Waals surface area contributed by atoms with Gasteiger partial charge in [-0.05, 0) is 42.8 Å². The van der Waals surface area contributed by atoms with Crippen LogP contribution in [0.4, 0.5) is 10.7 Å². The van der Waals surface area contributed by atoms with Crippen LogP contribution in [0.1, 0.15) is 25.8 Å². The molecule has 116 valence electrons. The Morgan fingerprint density at radius 2 is 2.04 bits per heavy atom. The molecule has 0 unspecified atom stereocenters. The summed E-state index contributed by atoms with van der Waals surface area (Å²) in [5.74, 6) is -0.369. The summed E-state index contributed by atoms with van der Waals surface area (Å²) >= 11 is 1.21. The van der Waals surface area contributed by atoms with Gasteiger partial charge in [0.1, 0.15) is 0 Å². The molecular weight excluding hydrogens is 314 g/mol. The monoisotopic (exact) mass is 327 g/mol. The Hall–Kier alpha value is -2.93. The lowest BCUT2D eigenvalue weighted by Crippen LogP contribution is -2.11. The predicted molar refractivity (Wildman–Crippen MR) is 87.9 cm³/mol. The SMILES string of the molecule is Cc1cc(NC(=O)c2ccco2)sc1C(=O)Nc1cccnc1. The van der Waals surface area contributed by atoms with Gasteiger partial charge in [-0.2, -0.15) is 0 Å². The van der Waals surface area contributed by atoms with E-state index in [1.807, 2.05) is 6.92 Å². The molecule has 0 aromatic carbocycles. The average Bonchev–Trinajstić information content (AvgIpc) is 3.18. The van der Waals surface area contributed by atoms with E-state index in [1.165, 1.54) is 17.6 Å². The highest BCUT2D eigenvalue weighted by Gasteiger charge is 2.16. The van der Waals surface area contributed by atoms with Crippen LogP contribution in [-0.4, -0.2) is 16.8 Å². The molecule has 0 bridgehead atoms. The van der Waals surface area contributed by atoms with Crippen LogP contribution in [0.15, 0.2) is 53.4 Å². The first-order valence-electron chi connectivity index (χ1n) is 6.80. The lowest BCUT2D eigenvalue weighted by molar-refractivity contribution is 0.0995. The Balaban J connectivity index is 1.73. The number of aromatic nitrogens is 1. The zero-order chi connectivity index (χ0) is 16.2. The Morgan fingerprint density at radius 1 is 1.17 bits per heavy atom. The molecule has 2 N–H and O–H groups in total. The van der Waals surface area contributed by atoms with Crippen molar-refractivity contribution < 1.29 is 14.0 Å². The minimum atomic E-state index is -0.351. The largest absolute Gasteiger partial charge is 0.459 e. The molecular formula is C16H13N3O3S. The minimum absolute atomic E-state index is 0.220. The average molecular weight is 327 g/mol. The molecule has 3 aromatic heterocycles. The van der Waals surface area contributed by atoms with Gasteiger partial charge in [0.25, 0.3) is 11.8 Å². The number of pyridine rings is 1. The highest BCUT2D eigenvalue weighted by atomic mass is 32.1. The van der Waals surface area contributed by atoms with Crippen molar-refractivity contribution in [3.8, 4) is 0 Å². The van der Waals surface area contributed by atoms with Crippen molar-refractivity contribution in [2.45, 2.75) is 6.92 Å². The smallest absolute Gasteiger partial charge is 0.291 e. The Labute approximate surface area is 136 Å². The highest BCUT2D eigenvalue weighted by Crippen LogP contribution is 2.27. The first kappa shape index (κ1) is 15.0. The van der Waals surface area contributed by atoms with Crippen molar-refractivity contribution in [1.82, 2.24) is 4.98 Å². The number of carbonyl (C=O) groups excluding carboxylic acids is 2.